The molecular formula is C12H22N2O3. The molecule has 1 aliphatic carbocycles. The van der Waals surface area contributed by atoms with Gasteiger partial charge in [-0.15, -0.1) is 0 Å². The highest BCUT2D eigenvalue weighted by Crippen LogP contribution is 2.39. The molecule has 1 atom stereocenters. The van der Waals surface area contributed by atoms with Gasteiger partial charge in [0.1, 0.15) is 6.04 Å². The molecule has 5 nitrogen and oxygen atoms in total. The molecule has 2 N–H and O–H groups in total. The molecule has 0 spiro atoms. The molecule has 0 aromatic rings. The lowest BCUT2D eigenvalue weighted by Gasteiger charge is -2.28. The van der Waals surface area contributed by atoms with Gasteiger partial charge in [-0.05, 0) is 32.6 Å². The Balaban J connectivity index is 2.47. The van der Waals surface area contributed by atoms with Gasteiger partial charge in [-0.1, -0.05) is 0 Å². The molecule has 1 saturated carbocycles. The van der Waals surface area contributed by atoms with Crippen molar-refractivity contribution in [2.24, 2.45) is 5.92 Å². The van der Waals surface area contributed by atoms with Gasteiger partial charge in [0.25, 0.3) is 0 Å². The van der Waals surface area contributed by atoms with E-state index in [-0.39, 0.29) is 11.4 Å². The summed E-state index contributed by atoms with van der Waals surface area (Å²) in [5, 5.41) is 5.91. The van der Waals surface area contributed by atoms with Crippen LogP contribution in [0.25, 0.3) is 0 Å². The van der Waals surface area contributed by atoms with Crippen molar-refractivity contribution >= 4 is 11.9 Å². The standard InChI is InChI=1S/C12H22N2O3/c1-8(15)14-10(11(16)17-4)7-13-12(2,3)9-5-6-9/h9-10,13H,5-7H2,1-4H3,(H,14,15). The first kappa shape index (κ1) is 14.0. The number of ether oxygens (including phenoxy) is 1. The Morgan fingerprint density at radius 3 is 2.41 bits per heavy atom. The van der Waals surface area contributed by atoms with Gasteiger partial charge in [0.05, 0.1) is 7.11 Å². The maximum Gasteiger partial charge on any atom is 0.329 e. The van der Waals surface area contributed by atoms with Crippen LogP contribution in [0.2, 0.25) is 0 Å². The maximum absolute atomic E-state index is 11.5. The third-order valence-corrected chi connectivity index (χ3v) is 3.22. The van der Waals surface area contributed by atoms with Gasteiger partial charge in [-0.2, -0.15) is 0 Å². The lowest BCUT2D eigenvalue weighted by atomic mass is 9.98. The summed E-state index contributed by atoms with van der Waals surface area (Å²) in [7, 11) is 1.32. The zero-order chi connectivity index (χ0) is 13.1. The average Bonchev–Trinajstić information content (AvgIpc) is 3.06. The van der Waals surface area contributed by atoms with Crippen LogP contribution >= 0.6 is 0 Å². The predicted octanol–water partition coefficient (Wildman–Crippen LogP) is 0.442. The minimum absolute atomic E-state index is 0.00470. The molecule has 17 heavy (non-hydrogen) atoms. The third kappa shape index (κ3) is 4.34. The van der Waals surface area contributed by atoms with Crippen molar-refractivity contribution < 1.29 is 14.3 Å². The fourth-order valence-electron chi connectivity index (χ4n) is 1.90. The highest BCUT2D eigenvalue weighted by atomic mass is 16.5. The van der Waals surface area contributed by atoms with Gasteiger partial charge < -0.3 is 15.4 Å². The molecule has 5 heteroatoms. The van der Waals surface area contributed by atoms with Crippen LogP contribution in [0.3, 0.4) is 0 Å². The molecule has 98 valence electrons. The molecule has 1 amide bonds. The lowest BCUT2D eigenvalue weighted by Crippen LogP contribution is -2.52. The summed E-state index contributed by atoms with van der Waals surface area (Å²) in [5.74, 6) is 0.0175. The summed E-state index contributed by atoms with van der Waals surface area (Å²) in [6.45, 7) is 6.03. The van der Waals surface area contributed by atoms with E-state index in [1.807, 2.05) is 0 Å². The Morgan fingerprint density at radius 1 is 1.41 bits per heavy atom. The molecule has 0 radical (unpaired) electrons. The Kier molecular flexibility index (Phi) is 4.51. The minimum atomic E-state index is -0.615. The summed E-state index contributed by atoms with van der Waals surface area (Å²) < 4.78 is 4.66. The minimum Gasteiger partial charge on any atom is -0.467 e. The van der Waals surface area contributed by atoms with Crippen molar-refractivity contribution in [3.63, 3.8) is 0 Å². The number of esters is 1. The molecule has 0 aromatic heterocycles. The van der Waals surface area contributed by atoms with Crippen molar-refractivity contribution in [3.8, 4) is 0 Å². The number of carbonyl (C=O) groups excluding carboxylic acids is 2. The van der Waals surface area contributed by atoms with Crippen molar-refractivity contribution in [1.29, 1.82) is 0 Å². The molecule has 0 aromatic carbocycles. The highest BCUT2D eigenvalue weighted by molar-refractivity contribution is 5.83. The van der Waals surface area contributed by atoms with Crippen molar-refractivity contribution in [2.45, 2.75) is 45.2 Å². The Bertz CT molecular complexity index is 298. The zero-order valence-corrected chi connectivity index (χ0v) is 11.0. The van der Waals surface area contributed by atoms with Gasteiger partial charge in [-0.25, -0.2) is 4.79 Å². The summed E-state index contributed by atoms with van der Waals surface area (Å²) in [5.41, 5.74) is 0.00470. The number of nitrogens with one attached hydrogen (secondary N) is 2. The summed E-state index contributed by atoms with van der Waals surface area (Å²) >= 11 is 0. The lowest BCUT2D eigenvalue weighted by molar-refractivity contribution is -0.144. The van der Waals surface area contributed by atoms with Crippen LogP contribution in [0, 0.1) is 5.92 Å². The maximum atomic E-state index is 11.5. The first-order valence-electron chi connectivity index (χ1n) is 5.96. The molecule has 0 saturated heterocycles. The van der Waals surface area contributed by atoms with E-state index < -0.39 is 12.0 Å². The van der Waals surface area contributed by atoms with E-state index >= 15 is 0 Å². The second-order valence-corrected chi connectivity index (χ2v) is 5.15. The van der Waals surface area contributed by atoms with E-state index in [1.165, 1.54) is 26.9 Å². The Hall–Kier alpha value is -1.10. The van der Waals surface area contributed by atoms with E-state index in [2.05, 4.69) is 29.2 Å². The molecule has 1 rings (SSSR count). The number of amides is 1. The summed E-state index contributed by atoms with van der Waals surface area (Å²) in [6.07, 6.45) is 2.45. The quantitative estimate of drug-likeness (QED) is 0.663. The van der Waals surface area contributed by atoms with Crippen LogP contribution in [0.4, 0.5) is 0 Å². The molecule has 0 bridgehead atoms. The molecular weight excluding hydrogens is 220 g/mol. The first-order valence-corrected chi connectivity index (χ1v) is 5.96. The number of rotatable bonds is 6. The number of carbonyl (C=O) groups is 2. The molecule has 0 heterocycles. The molecule has 1 unspecified atom stereocenters. The van der Waals surface area contributed by atoms with Crippen LogP contribution in [-0.4, -0.2) is 37.1 Å². The number of hydrogen-bond donors (Lipinski definition) is 2. The smallest absolute Gasteiger partial charge is 0.329 e. The van der Waals surface area contributed by atoms with Crippen LogP contribution in [0.5, 0.6) is 0 Å². The first-order chi connectivity index (χ1) is 7.86. The summed E-state index contributed by atoms with van der Waals surface area (Å²) in [6, 6.07) is -0.615. The molecule has 0 aliphatic heterocycles. The van der Waals surface area contributed by atoms with Gasteiger partial charge in [0.2, 0.25) is 5.91 Å². The van der Waals surface area contributed by atoms with Crippen LogP contribution in [-0.2, 0) is 14.3 Å². The monoisotopic (exact) mass is 242 g/mol. The second-order valence-electron chi connectivity index (χ2n) is 5.15. The van der Waals surface area contributed by atoms with Crippen molar-refractivity contribution in [2.75, 3.05) is 13.7 Å². The van der Waals surface area contributed by atoms with Crippen molar-refractivity contribution in [3.05, 3.63) is 0 Å². The van der Waals surface area contributed by atoms with Gasteiger partial charge in [0, 0.05) is 19.0 Å². The molecule has 1 fully saturated rings. The van der Waals surface area contributed by atoms with Crippen LogP contribution in [0.1, 0.15) is 33.6 Å². The second kappa shape index (κ2) is 5.49. The van der Waals surface area contributed by atoms with E-state index in [1.54, 1.807) is 0 Å². The van der Waals surface area contributed by atoms with Crippen molar-refractivity contribution in [1.82, 2.24) is 10.6 Å². The fraction of sp³-hybridized carbons (Fsp3) is 0.833. The normalized spacial score (nSPS) is 17.4. The molecule has 1 aliphatic rings. The van der Waals surface area contributed by atoms with E-state index in [9.17, 15) is 9.59 Å². The highest BCUT2D eigenvalue weighted by Gasteiger charge is 2.38. The predicted molar refractivity (Wildman–Crippen MR) is 64.4 cm³/mol. The van der Waals surface area contributed by atoms with Gasteiger partial charge >= 0.3 is 5.97 Å². The fourth-order valence-corrected chi connectivity index (χ4v) is 1.90. The number of methoxy groups -OCH3 is 1. The Morgan fingerprint density at radius 2 is 2.00 bits per heavy atom. The summed E-state index contributed by atoms with van der Waals surface area (Å²) in [4.78, 5) is 22.5. The van der Waals surface area contributed by atoms with Gasteiger partial charge in [0.15, 0.2) is 0 Å². The SMILES string of the molecule is COC(=O)C(CNC(C)(C)C1CC1)NC(C)=O. The zero-order valence-electron chi connectivity index (χ0n) is 11.0. The van der Waals surface area contributed by atoms with E-state index in [0.29, 0.717) is 12.5 Å². The largest absolute Gasteiger partial charge is 0.467 e. The van der Waals surface area contributed by atoms with Crippen LogP contribution in [0.15, 0.2) is 0 Å². The van der Waals surface area contributed by atoms with E-state index in [0.717, 1.165) is 0 Å². The van der Waals surface area contributed by atoms with Crippen LogP contribution < -0.4 is 10.6 Å². The van der Waals surface area contributed by atoms with E-state index in [4.69, 9.17) is 0 Å². The third-order valence-electron chi connectivity index (χ3n) is 3.22. The average molecular weight is 242 g/mol. The topological polar surface area (TPSA) is 67.4 Å². The van der Waals surface area contributed by atoms with Gasteiger partial charge in [-0.3, -0.25) is 4.79 Å². The number of hydrogen-bond acceptors (Lipinski definition) is 4. The Labute approximate surface area is 102 Å².